The minimum absolute atomic E-state index is 0.155. The molecule has 1 amide bonds. The van der Waals surface area contributed by atoms with Gasteiger partial charge >= 0.3 is 0 Å². The molecule has 3 unspecified atom stereocenters. The summed E-state index contributed by atoms with van der Waals surface area (Å²) in [6.07, 6.45) is 5.31. The van der Waals surface area contributed by atoms with Crippen LogP contribution >= 0.6 is 11.6 Å². The number of anilines is 1. The molecular formula is C23H21ClN4O. The summed E-state index contributed by atoms with van der Waals surface area (Å²) in [7, 11) is 0. The van der Waals surface area contributed by atoms with Gasteiger partial charge in [0.1, 0.15) is 6.42 Å². The largest absolute Gasteiger partial charge is 0.378 e. The van der Waals surface area contributed by atoms with Crippen LogP contribution in [0.25, 0.3) is 0 Å². The number of fused-ring (bicyclic) bond motifs is 3. The topological polar surface area (TPSA) is 77.3 Å². The number of halogens is 1. The van der Waals surface area contributed by atoms with E-state index >= 15 is 0 Å². The fourth-order valence-corrected chi connectivity index (χ4v) is 4.43. The highest BCUT2D eigenvalue weighted by atomic mass is 35.5. The molecule has 2 N–H and O–H groups in total. The number of nitrogens with zero attached hydrogens (tertiary/aromatic N) is 2. The number of hydrogen-bond acceptors (Lipinski definition) is 4. The van der Waals surface area contributed by atoms with Crippen molar-refractivity contribution in [1.29, 1.82) is 5.26 Å². The Balaban J connectivity index is 1.64. The maximum atomic E-state index is 11.5. The smallest absolute Gasteiger partial charge is 0.254 e. The summed E-state index contributed by atoms with van der Waals surface area (Å²) in [6, 6.07) is 16.2. The van der Waals surface area contributed by atoms with Gasteiger partial charge in [-0.25, -0.2) is 5.43 Å². The Morgan fingerprint density at radius 3 is 2.93 bits per heavy atom. The van der Waals surface area contributed by atoms with Gasteiger partial charge in [-0.2, -0.15) is 10.4 Å². The number of carbonyl (C=O) groups excluding carboxylic acids is 1. The van der Waals surface area contributed by atoms with E-state index in [1.54, 1.807) is 0 Å². The minimum Gasteiger partial charge on any atom is -0.378 e. The van der Waals surface area contributed by atoms with Crippen molar-refractivity contribution in [3.8, 4) is 6.07 Å². The molecule has 0 fully saturated rings. The van der Waals surface area contributed by atoms with Crippen molar-refractivity contribution in [2.24, 2.45) is 11.0 Å². The van der Waals surface area contributed by atoms with Crippen molar-refractivity contribution in [2.75, 3.05) is 5.32 Å². The van der Waals surface area contributed by atoms with E-state index in [0.717, 1.165) is 28.3 Å². The van der Waals surface area contributed by atoms with Gasteiger partial charge in [0.15, 0.2) is 0 Å². The van der Waals surface area contributed by atoms with Crippen LogP contribution in [0.3, 0.4) is 0 Å². The van der Waals surface area contributed by atoms with E-state index in [9.17, 15) is 4.79 Å². The predicted molar refractivity (Wildman–Crippen MR) is 115 cm³/mol. The number of allylic oxidation sites excluding steroid dienone is 2. The molecule has 2 aliphatic rings. The summed E-state index contributed by atoms with van der Waals surface area (Å²) >= 11 is 6.49. The van der Waals surface area contributed by atoms with Gasteiger partial charge in [0.2, 0.25) is 0 Å². The Morgan fingerprint density at radius 1 is 1.31 bits per heavy atom. The molecule has 29 heavy (non-hydrogen) atoms. The van der Waals surface area contributed by atoms with Gasteiger partial charge in [-0.15, -0.1) is 0 Å². The van der Waals surface area contributed by atoms with Crippen molar-refractivity contribution < 1.29 is 4.79 Å². The number of hydrazone groups is 1. The summed E-state index contributed by atoms with van der Waals surface area (Å²) in [6.45, 7) is 1.85. The van der Waals surface area contributed by atoms with Gasteiger partial charge in [-0.05, 0) is 54.2 Å². The Morgan fingerprint density at radius 2 is 2.14 bits per heavy atom. The Bertz CT molecular complexity index is 1050. The van der Waals surface area contributed by atoms with Gasteiger partial charge in [0.25, 0.3) is 5.91 Å². The molecule has 5 nitrogen and oxygen atoms in total. The van der Waals surface area contributed by atoms with Crippen LogP contribution < -0.4 is 10.7 Å². The van der Waals surface area contributed by atoms with Crippen LogP contribution in [-0.4, -0.2) is 11.6 Å². The first-order chi connectivity index (χ1) is 14.1. The van der Waals surface area contributed by atoms with Crippen LogP contribution in [0.2, 0.25) is 5.02 Å². The molecule has 2 aromatic carbocycles. The zero-order valence-corrected chi connectivity index (χ0v) is 16.8. The second kappa shape index (κ2) is 8.10. The van der Waals surface area contributed by atoms with Gasteiger partial charge < -0.3 is 5.32 Å². The molecular weight excluding hydrogens is 384 g/mol. The highest BCUT2D eigenvalue weighted by molar-refractivity contribution is 6.31. The van der Waals surface area contributed by atoms with Gasteiger partial charge in [-0.1, -0.05) is 48.0 Å². The van der Waals surface area contributed by atoms with Gasteiger partial charge in [0.05, 0.1) is 17.8 Å². The average Bonchev–Trinajstić information content (AvgIpc) is 3.22. The van der Waals surface area contributed by atoms with E-state index in [0.29, 0.717) is 17.5 Å². The first-order valence-corrected chi connectivity index (χ1v) is 9.98. The van der Waals surface area contributed by atoms with Crippen LogP contribution in [0.5, 0.6) is 0 Å². The third-order valence-corrected chi connectivity index (χ3v) is 5.95. The van der Waals surface area contributed by atoms with E-state index in [4.69, 9.17) is 16.9 Å². The van der Waals surface area contributed by atoms with Crippen LogP contribution in [0.4, 0.5) is 5.69 Å². The van der Waals surface area contributed by atoms with Crippen molar-refractivity contribution in [3.63, 3.8) is 0 Å². The number of nitrogens with one attached hydrogen (secondary N) is 2. The highest BCUT2D eigenvalue weighted by Gasteiger charge is 2.38. The number of benzene rings is 2. The maximum absolute atomic E-state index is 11.5. The Hall–Kier alpha value is -3.10. The summed E-state index contributed by atoms with van der Waals surface area (Å²) in [4.78, 5) is 11.5. The van der Waals surface area contributed by atoms with Crippen LogP contribution in [-0.2, 0) is 4.79 Å². The Kier molecular flexibility index (Phi) is 5.37. The van der Waals surface area contributed by atoms with Crippen LogP contribution in [0, 0.1) is 17.2 Å². The first kappa shape index (κ1) is 19.2. The molecule has 0 spiro atoms. The minimum atomic E-state index is -0.409. The molecule has 0 aromatic heterocycles. The quantitative estimate of drug-likeness (QED) is 0.431. The van der Waals surface area contributed by atoms with E-state index in [-0.39, 0.29) is 12.5 Å². The van der Waals surface area contributed by atoms with Crippen molar-refractivity contribution in [2.45, 2.75) is 31.7 Å². The number of rotatable bonds is 4. The maximum Gasteiger partial charge on any atom is 0.254 e. The Labute approximate surface area is 175 Å². The first-order valence-electron chi connectivity index (χ1n) is 9.60. The summed E-state index contributed by atoms with van der Waals surface area (Å²) < 4.78 is 0. The third kappa shape index (κ3) is 3.76. The van der Waals surface area contributed by atoms with Crippen molar-refractivity contribution >= 4 is 28.9 Å². The lowest BCUT2D eigenvalue weighted by Gasteiger charge is -2.38. The molecule has 1 aliphatic heterocycles. The number of nitriles is 1. The molecule has 3 atom stereocenters. The zero-order valence-electron chi connectivity index (χ0n) is 16.0. The molecule has 0 bridgehead atoms. The molecule has 1 heterocycles. The van der Waals surface area contributed by atoms with E-state index < -0.39 is 5.91 Å². The molecule has 2 aromatic rings. The monoisotopic (exact) mass is 404 g/mol. The van der Waals surface area contributed by atoms with Crippen molar-refractivity contribution in [3.05, 3.63) is 76.3 Å². The fraction of sp³-hybridized carbons (Fsp3) is 0.261. The standard InChI is InChI=1S/C23H21ClN4O/c1-14(27-28-22(29)11-12-25)15-9-10-21-19(13-15)16-6-4-7-17(16)23(26-21)18-5-2-3-8-20(18)24/h2-6,8-10,13,16-17,23,26H,7,11H2,1H3,(H,28,29)/b27-14+. The van der Waals surface area contributed by atoms with Crippen molar-refractivity contribution in [1.82, 2.24) is 5.43 Å². The van der Waals surface area contributed by atoms with Crippen LogP contribution in [0.1, 0.15) is 48.4 Å². The molecule has 6 heteroatoms. The number of amides is 1. The predicted octanol–water partition coefficient (Wildman–Crippen LogP) is 4.92. The van der Waals surface area contributed by atoms with E-state index in [1.807, 2.05) is 37.3 Å². The molecule has 146 valence electrons. The summed E-state index contributed by atoms with van der Waals surface area (Å²) in [5.74, 6) is 0.284. The van der Waals surface area contributed by atoms with Gasteiger partial charge in [-0.3, -0.25) is 4.79 Å². The molecule has 0 saturated carbocycles. The average molecular weight is 405 g/mol. The second-order valence-electron chi connectivity index (χ2n) is 7.37. The summed E-state index contributed by atoms with van der Waals surface area (Å²) in [5, 5.41) is 17.2. The lowest BCUT2D eigenvalue weighted by atomic mass is 9.76. The number of carbonyl (C=O) groups is 1. The highest BCUT2D eigenvalue weighted by Crippen LogP contribution is 2.50. The SMILES string of the molecule is C/C(=N\NC(=O)CC#N)c1ccc2c(c1)C1C=CCC1C(c1ccccc1Cl)N2. The number of hydrogen-bond donors (Lipinski definition) is 2. The summed E-state index contributed by atoms with van der Waals surface area (Å²) in [5.41, 5.74) is 7.51. The van der Waals surface area contributed by atoms with E-state index in [1.165, 1.54) is 5.56 Å². The third-order valence-electron chi connectivity index (χ3n) is 5.61. The second-order valence-corrected chi connectivity index (χ2v) is 7.77. The zero-order chi connectivity index (χ0) is 20.4. The fourth-order valence-electron chi connectivity index (χ4n) is 4.18. The van der Waals surface area contributed by atoms with Gasteiger partial charge in [0, 0.05) is 16.6 Å². The normalized spacial score (nSPS) is 22.2. The van der Waals surface area contributed by atoms with Crippen LogP contribution in [0.15, 0.2) is 59.7 Å². The lowest BCUT2D eigenvalue weighted by molar-refractivity contribution is -0.120. The van der Waals surface area contributed by atoms with E-state index in [2.05, 4.69) is 46.2 Å². The molecule has 1 aliphatic carbocycles. The lowest BCUT2D eigenvalue weighted by Crippen LogP contribution is -2.29. The molecule has 0 saturated heterocycles. The molecule has 0 radical (unpaired) electrons. The molecule has 4 rings (SSSR count).